The molecule has 0 aliphatic heterocycles. The van der Waals surface area contributed by atoms with Gasteiger partial charge in [-0.05, 0) is 29.3 Å². The maximum atomic E-state index is 6.44. The van der Waals surface area contributed by atoms with E-state index in [0.717, 1.165) is 16.9 Å². The molecule has 1 saturated carbocycles. The summed E-state index contributed by atoms with van der Waals surface area (Å²) in [5.74, 6) is 1.09. The third-order valence-electron chi connectivity index (χ3n) is 3.62. The van der Waals surface area contributed by atoms with Crippen LogP contribution in [0.25, 0.3) is 0 Å². The highest BCUT2D eigenvalue weighted by atomic mass is 35.5. The fourth-order valence-corrected chi connectivity index (χ4v) is 3.45. The molecule has 2 unspecified atom stereocenters. The van der Waals surface area contributed by atoms with Crippen LogP contribution in [-0.2, 0) is 0 Å². The Morgan fingerprint density at radius 2 is 1.74 bits per heavy atom. The van der Waals surface area contributed by atoms with Gasteiger partial charge in [-0.25, -0.2) is 0 Å². The van der Waals surface area contributed by atoms with E-state index in [1.165, 1.54) is 0 Å². The molecule has 2 aromatic carbocycles. The Morgan fingerprint density at radius 1 is 1.05 bits per heavy atom. The third kappa shape index (κ3) is 2.22. The molecule has 0 aromatic heterocycles. The van der Waals surface area contributed by atoms with E-state index in [9.17, 15) is 0 Å². The number of hydrogen-bond acceptors (Lipinski definition) is 1. The zero-order valence-electron chi connectivity index (χ0n) is 10.4. The average molecular weight is 292 g/mol. The van der Waals surface area contributed by atoms with E-state index in [1.54, 1.807) is 7.11 Å². The molecule has 3 heteroatoms. The number of halogens is 2. The number of rotatable bonds is 3. The molecule has 0 saturated heterocycles. The molecule has 19 heavy (non-hydrogen) atoms. The molecular formula is C16H13Cl2O. The highest BCUT2D eigenvalue weighted by Crippen LogP contribution is 2.70. The Hall–Kier alpha value is -1.18. The summed E-state index contributed by atoms with van der Waals surface area (Å²) in [5, 5.41) is 0. The van der Waals surface area contributed by atoms with E-state index in [-0.39, 0.29) is 11.8 Å². The fraction of sp³-hybridized carbons (Fsp3) is 0.250. The highest BCUT2D eigenvalue weighted by molar-refractivity contribution is 6.52. The van der Waals surface area contributed by atoms with Crippen LogP contribution >= 0.6 is 23.2 Å². The number of hydrogen-bond donors (Lipinski definition) is 0. The second kappa shape index (κ2) is 4.73. The Kier molecular flexibility index (Phi) is 3.20. The first-order valence-electron chi connectivity index (χ1n) is 6.12. The Balaban J connectivity index is 1.89. The lowest BCUT2D eigenvalue weighted by molar-refractivity contribution is 0.414. The van der Waals surface area contributed by atoms with Crippen LogP contribution in [0.3, 0.4) is 0 Å². The zero-order chi connectivity index (χ0) is 13.5. The number of benzene rings is 2. The van der Waals surface area contributed by atoms with Crippen molar-refractivity contribution in [1.29, 1.82) is 0 Å². The lowest BCUT2D eigenvalue weighted by Gasteiger charge is -2.03. The fourth-order valence-electron chi connectivity index (χ4n) is 2.57. The highest BCUT2D eigenvalue weighted by Gasteiger charge is 2.64. The van der Waals surface area contributed by atoms with Gasteiger partial charge in [0.1, 0.15) is 10.1 Å². The summed E-state index contributed by atoms with van der Waals surface area (Å²) < 4.78 is 4.43. The predicted molar refractivity (Wildman–Crippen MR) is 78.2 cm³/mol. The first kappa shape index (κ1) is 12.8. The summed E-state index contributed by atoms with van der Waals surface area (Å²) in [6.07, 6.45) is 0. The van der Waals surface area contributed by atoms with Crippen molar-refractivity contribution in [2.75, 3.05) is 7.11 Å². The monoisotopic (exact) mass is 291 g/mol. The van der Waals surface area contributed by atoms with E-state index in [1.807, 2.05) is 48.5 Å². The van der Waals surface area contributed by atoms with E-state index >= 15 is 0 Å². The van der Waals surface area contributed by atoms with Crippen LogP contribution in [0.4, 0.5) is 0 Å². The normalized spacial score (nSPS) is 23.9. The molecule has 1 radical (unpaired) electrons. The second-order valence-corrected chi connectivity index (χ2v) is 6.18. The molecule has 0 heterocycles. The van der Waals surface area contributed by atoms with E-state index in [4.69, 9.17) is 27.9 Å². The van der Waals surface area contributed by atoms with Crippen LogP contribution in [0.5, 0.6) is 5.75 Å². The van der Waals surface area contributed by atoms with Gasteiger partial charge in [0.05, 0.1) is 7.11 Å². The maximum absolute atomic E-state index is 6.44. The van der Waals surface area contributed by atoms with E-state index in [2.05, 4.69) is 6.07 Å². The van der Waals surface area contributed by atoms with Crippen LogP contribution < -0.4 is 4.74 Å². The van der Waals surface area contributed by atoms with Crippen LogP contribution in [-0.4, -0.2) is 11.4 Å². The van der Waals surface area contributed by atoms with Crippen LogP contribution in [0.2, 0.25) is 0 Å². The maximum Gasteiger partial charge on any atom is 0.133 e. The molecule has 0 bridgehead atoms. The van der Waals surface area contributed by atoms with Gasteiger partial charge in [0.25, 0.3) is 0 Å². The summed E-state index contributed by atoms with van der Waals surface area (Å²) in [7, 11) is 1.65. The van der Waals surface area contributed by atoms with Gasteiger partial charge in [0.2, 0.25) is 0 Å². The molecule has 1 aliphatic carbocycles. The summed E-state index contributed by atoms with van der Waals surface area (Å²) >= 11 is 12.9. The quantitative estimate of drug-likeness (QED) is 0.754. The first-order valence-corrected chi connectivity index (χ1v) is 6.88. The zero-order valence-corrected chi connectivity index (χ0v) is 11.9. The molecular weight excluding hydrogens is 279 g/mol. The number of alkyl halides is 2. The molecule has 97 valence electrons. The lowest BCUT2D eigenvalue weighted by Crippen LogP contribution is -1.90. The van der Waals surface area contributed by atoms with Crippen molar-refractivity contribution in [2.45, 2.75) is 16.2 Å². The largest absolute Gasteiger partial charge is 0.497 e. The lowest BCUT2D eigenvalue weighted by atomic mass is 10.0. The van der Waals surface area contributed by atoms with Crippen LogP contribution in [0.15, 0.2) is 48.5 Å². The van der Waals surface area contributed by atoms with E-state index in [0.29, 0.717) is 0 Å². The van der Waals surface area contributed by atoms with Gasteiger partial charge in [-0.1, -0.05) is 36.4 Å². The topological polar surface area (TPSA) is 9.23 Å². The van der Waals surface area contributed by atoms with Gasteiger partial charge in [0, 0.05) is 11.8 Å². The number of methoxy groups -OCH3 is 1. The molecule has 1 aliphatic rings. The SMILES string of the molecule is COc1ccc(C2C(c3c[c]ccc3)C2(Cl)Cl)cc1. The average Bonchev–Trinajstić information content (AvgIpc) is 3.02. The Bertz CT molecular complexity index is 563. The standard InChI is InChI=1S/C16H13Cl2O/c1-19-13-9-7-12(8-10-13)15-14(16(15,17)18)11-5-3-2-4-6-11/h2-3,5-10,14-15H,1H3. The van der Waals surface area contributed by atoms with Crippen molar-refractivity contribution >= 4 is 23.2 Å². The van der Waals surface area contributed by atoms with Gasteiger partial charge in [-0.2, -0.15) is 0 Å². The van der Waals surface area contributed by atoms with Crippen molar-refractivity contribution < 1.29 is 4.74 Å². The molecule has 3 rings (SSSR count). The smallest absolute Gasteiger partial charge is 0.133 e. The Labute approximate surface area is 123 Å². The van der Waals surface area contributed by atoms with Gasteiger partial charge in [0.15, 0.2) is 0 Å². The van der Waals surface area contributed by atoms with Crippen molar-refractivity contribution in [1.82, 2.24) is 0 Å². The van der Waals surface area contributed by atoms with Gasteiger partial charge < -0.3 is 4.74 Å². The molecule has 2 atom stereocenters. The van der Waals surface area contributed by atoms with E-state index < -0.39 is 4.33 Å². The molecule has 1 nitrogen and oxygen atoms in total. The summed E-state index contributed by atoms with van der Waals surface area (Å²) in [5.41, 5.74) is 2.27. The molecule has 0 N–H and O–H groups in total. The van der Waals surface area contributed by atoms with Crippen molar-refractivity contribution in [3.63, 3.8) is 0 Å². The van der Waals surface area contributed by atoms with Gasteiger partial charge in [-0.15, -0.1) is 23.2 Å². The minimum Gasteiger partial charge on any atom is -0.497 e. The molecule has 2 aromatic rings. The predicted octanol–water partition coefficient (Wildman–Crippen LogP) is 4.55. The molecule has 0 spiro atoms. The second-order valence-electron chi connectivity index (χ2n) is 4.74. The molecule has 1 fully saturated rings. The summed E-state index contributed by atoms with van der Waals surface area (Å²) in [6.45, 7) is 0. The van der Waals surface area contributed by atoms with Crippen molar-refractivity contribution in [2.24, 2.45) is 0 Å². The van der Waals surface area contributed by atoms with Crippen LogP contribution in [0.1, 0.15) is 23.0 Å². The number of ether oxygens (including phenoxy) is 1. The summed E-state index contributed by atoms with van der Waals surface area (Å²) in [4.78, 5) is 0. The third-order valence-corrected chi connectivity index (χ3v) is 4.56. The van der Waals surface area contributed by atoms with Crippen molar-refractivity contribution in [3.8, 4) is 5.75 Å². The van der Waals surface area contributed by atoms with Crippen LogP contribution in [0, 0.1) is 6.07 Å². The molecule has 0 amide bonds. The van der Waals surface area contributed by atoms with Gasteiger partial charge >= 0.3 is 0 Å². The summed E-state index contributed by atoms with van der Waals surface area (Å²) in [6, 6.07) is 18.8. The first-order chi connectivity index (χ1) is 9.14. The Morgan fingerprint density at radius 3 is 2.32 bits per heavy atom. The van der Waals surface area contributed by atoms with Gasteiger partial charge in [-0.3, -0.25) is 0 Å². The minimum atomic E-state index is -0.732. The van der Waals surface area contributed by atoms with Crippen molar-refractivity contribution in [3.05, 3.63) is 65.7 Å². The minimum absolute atomic E-state index is 0.123.